The second kappa shape index (κ2) is 8.40. The number of anilines is 1. The van der Waals surface area contributed by atoms with Gasteiger partial charge in [0.05, 0.1) is 0 Å². The van der Waals surface area contributed by atoms with Crippen LogP contribution in [0.4, 0.5) is 5.69 Å². The van der Waals surface area contributed by atoms with Crippen molar-refractivity contribution < 1.29 is 9.53 Å². The number of amides is 1. The van der Waals surface area contributed by atoms with Crippen LogP contribution in [-0.2, 0) is 4.79 Å². The van der Waals surface area contributed by atoms with Gasteiger partial charge in [-0.15, -0.1) is 0 Å². The molecule has 1 amide bonds. The molecular formula is C20H19ClN2O2. The molecule has 0 unspecified atom stereocenters. The lowest BCUT2D eigenvalue weighted by Gasteiger charge is -2.11. The molecule has 3 aromatic rings. The van der Waals surface area contributed by atoms with Gasteiger partial charge >= 0.3 is 0 Å². The molecule has 0 aromatic heterocycles. The summed E-state index contributed by atoms with van der Waals surface area (Å²) in [6.07, 6.45) is 0. The van der Waals surface area contributed by atoms with E-state index in [9.17, 15) is 4.79 Å². The van der Waals surface area contributed by atoms with Gasteiger partial charge in [0.2, 0.25) is 0 Å². The van der Waals surface area contributed by atoms with E-state index in [1.807, 2.05) is 24.3 Å². The Bertz CT molecular complexity index is 844. The minimum atomic E-state index is -0.158. The number of carbonyl (C=O) groups excluding carboxylic acids is 1. The van der Waals surface area contributed by atoms with Gasteiger partial charge in [0.1, 0.15) is 5.75 Å². The summed E-state index contributed by atoms with van der Waals surface area (Å²) >= 11 is 5.80. The summed E-state index contributed by atoms with van der Waals surface area (Å²) < 4.78 is 5.40. The molecule has 5 heteroatoms. The second-order valence-corrected chi connectivity index (χ2v) is 5.98. The fourth-order valence-electron chi connectivity index (χ4n) is 2.51. The van der Waals surface area contributed by atoms with Crippen molar-refractivity contribution in [2.75, 3.05) is 25.0 Å². The third-order valence-corrected chi connectivity index (χ3v) is 3.99. The minimum absolute atomic E-state index is 0.0180. The van der Waals surface area contributed by atoms with Gasteiger partial charge in [-0.05, 0) is 35.7 Å². The first kappa shape index (κ1) is 17.1. The average molecular weight is 355 g/mol. The smallest absolute Gasteiger partial charge is 0.258 e. The molecule has 0 aliphatic rings. The molecule has 0 radical (unpaired) electrons. The van der Waals surface area contributed by atoms with Crippen LogP contribution in [0.2, 0.25) is 5.02 Å². The van der Waals surface area contributed by atoms with Crippen molar-refractivity contribution in [2.24, 2.45) is 0 Å². The number of hydrogen-bond acceptors (Lipinski definition) is 3. The van der Waals surface area contributed by atoms with E-state index in [1.54, 1.807) is 24.3 Å². The van der Waals surface area contributed by atoms with Crippen molar-refractivity contribution in [3.05, 3.63) is 71.8 Å². The van der Waals surface area contributed by atoms with Gasteiger partial charge in [0, 0.05) is 29.2 Å². The molecular weight excluding hydrogens is 336 g/mol. The molecule has 0 fully saturated rings. The molecule has 4 nitrogen and oxygen atoms in total. The van der Waals surface area contributed by atoms with Crippen molar-refractivity contribution in [1.82, 2.24) is 5.32 Å². The van der Waals surface area contributed by atoms with Crippen molar-refractivity contribution in [2.45, 2.75) is 0 Å². The first-order chi connectivity index (χ1) is 12.2. The van der Waals surface area contributed by atoms with Crippen LogP contribution in [-0.4, -0.2) is 25.6 Å². The van der Waals surface area contributed by atoms with Crippen molar-refractivity contribution in [3.63, 3.8) is 0 Å². The lowest BCUT2D eigenvalue weighted by molar-refractivity contribution is -0.123. The second-order valence-electron chi connectivity index (χ2n) is 5.55. The van der Waals surface area contributed by atoms with Crippen LogP contribution in [0.25, 0.3) is 10.8 Å². The van der Waals surface area contributed by atoms with Crippen LogP contribution in [0, 0.1) is 0 Å². The van der Waals surface area contributed by atoms with Gasteiger partial charge in [0.25, 0.3) is 5.91 Å². The third kappa shape index (κ3) is 4.88. The Morgan fingerprint density at radius 3 is 2.52 bits per heavy atom. The fraction of sp³-hybridized carbons (Fsp3) is 0.150. The normalized spacial score (nSPS) is 10.4. The number of rotatable bonds is 7. The van der Waals surface area contributed by atoms with Gasteiger partial charge in [-0.25, -0.2) is 0 Å². The van der Waals surface area contributed by atoms with Crippen LogP contribution < -0.4 is 15.4 Å². The fourth-order valence-corrected chi connectivity index (χ4v) is 2.64. The summed E-state index contributed by atoms with van der Waals surface area (Å²) in [7, 11) is 0. The molecule has 3 aromatic carbocycles. The summed E-state index contributed by atoms with van der Waals surface area (Å²) in [6.45, 7) is 1.14. The van der Waals surface area contributed by atoms with Gasteiger partial charge in [-0.3, -0.25) is 4.79 Å². The molecule has 0 spiro atoms. The van der Waals surface area contributed by atoms with Gasteiger partial charge < -0.3 is 15.4 Å². The van der Waals surface area contributed by atoms with E-state index in [4.69, 9.17) is 16.3 Å². The standard InChI is InChI=1S/C20H19ClN2O2/c21-16-8-10-17(11-9-16)25-14-20(24)23-13-12-22-19-7-3-5-15-4-1-2-6-18(15)19/h1-11,22H,12-14H2,(H,23,24). The molecule has 0 atom stereocenters. The Morgan fingerprint density at radius 2 is 1.68 bits per heavy atom. The number of benzene rings is 3. The number of carbonyl (C=O) groups is 1. The maximum absolute atomic E-state index is 11.8. The SMILES string of the molecule is O=C(COc1ccc(Cl)cc1)NCCNc1cccc2ccccc12. The quantitative estimate of drug-likeness (QED) is 0.628. The highest BCUT2D eigenvalue weighted by atomic mass is 35.5. The van der Waals surface area contributed by atoms with Crippen LogP contribution in [0.3, 0.4) is 0 Å². The molecule has 0 aliphatic carbocycles. The van der Waals surface area contributed by atoms with E-state index in [0.29, 0.717) is 23.9 Å². The van der Waals surface area contributed by atoms with E-state index in [0.717, 1.165) is 5.69 Å². The highest BCUT2D eigenvalue weighted by molar-refractivity contribution is 6.30. The third-order valence-electron chi connectivity index (χ3n) is 3.74. The lowest BCUT2D eigenvalue weighted by Crippen LogP contribution is -2.32. The summed E-state index contributed by atoms with van der Waals surface area (Å²) in [6, 6.07) is 21.2. The largest absolute Gasteiger partial charge is 0.484 e. The zero-order valence-corrected chi connectivity index (χ0v) is 14.4. The number of nitrogens with one attached hydrogen (secondary N) is 2. The summed E-state index contributed by atoms with van der Waals surface area (Å²) in [4.78, 5) is 11.8. The molecule has 0 bridgehead atoms. The summed E-state index contributed by atoms with van der Waals surface area (Å²) in [5, 5.41) is 9.18. The van der Waals surface area contributed by atoms with E-state index >= 15 is 0 Å². The van der Waals surface area contributed by atoms with E-state index in [1.165, 1.54) is 10.8 Å². The number of hydrogen-bond donors (Lipinski definition) is 2. The number of ether oxygens (including phenoxy) is 1. The van der Waals surface area contributed by atoms with Gasteiger partial charge in [-0.1, -0.05) is 48.0 Å². The maximum atomic E-state index is 11.8. The zero-order chi connectivity index (χ0) is 17.5. The summed E-state index contributed by atoms with van der Waals surface area (Å²) in [5.41, 5.74) is 1.06. The van der Waals surface area contributed by atoms with Crippen molar-refractivity contribution >= 4 is 34.0 Å². The van der Waals surface area contributed by atoms with Crippen molar-refractivity contribution in [1.29, 1.82) is 0 Å². The maximum Gasteiger partial charge on any atom is 0.258 e. The van der Waals surface area contributed by atoms with Gasteiger partial charge in [-0.2, -0.15) is 0 Å². The lowest BCUT2D eigenvalue weighted by atomic mass is 10.1. The first-order valence-electron chi connectivity index (χ1n) is 8.09. The molecule has 0 aliphatic heterocycles. The Labute approximate surface area is 151 Å². The Balaban J connectivity index is 1.42. The molecule has 0 saturated carbocycles. The Hall–Kier alpha value is -2.72. The Morgan fingerprint density at radius 1 is 0.920 bits per heavy atom. The highest BCUT2D eigenvalue weighted by Gasteiger charge is 2.03. The summed E-state index contributed by atoms with van der Waals surface area (Å²) in [5.74, 6) is 0.461. The Kier molecular flexibility index (Phi) is 5.75. The first-order valence-corrected chi connectivity index (χ1v) is 8.47. The topological polar surface area (TPSA) is 50.4 Å². The van der Waals surface area contributed by atoms with E-state index < -0.39 is 0 Å². The molecule has 0 saturated heterocycles. The zero-order valence-electron chi connectivity index (χ0n) is 13.7. The minimum Gasteiger partial charge on any atom is -0.484 e. The highest BCUT2D eigenvalue weighted by Crippen LogP contribution is 2.22. The van der Waals surface area contributed by atoms with Crippen LogP contribution >= 0.6 is 11.6 Å². The predicted molar refractivity (Wildman–Crippen MR) is 102 cm³/mol. The average Bonchev–Trinajstić information content (AvgIpc) is 2.65. The predicted octanol–water partition coefficient (Wildman–Crippen LogP) is 4.10. The molecule has 2 N–H and O–H groups in total. The van der Waals surface area contributed by atoms with E-state index in [-0.39, 0.29) is 12.5 Å². The molecule has 0 heterocycles. The van der Waals surface area contributed by atoms with Gasteiger partial charge in [0.15, 0.2) is 6.61 Å². The number of halogens is 1. The van der Waals surface area contributed by atoms with Crippen molar-refractivity contribution in [3.8, 4) is 5.75 Å². The van der Waals surface area contributed by atoms with Crippen LogP contribution in [0.15, 0.2) is 66.7 Å². The van der Waals surface area contributed by atoms with E-state index in [2.05, 4.69) is 28.8 Å². The van der Waals surface area contributed by atoms with Crippen LogP contribution in [0.5, 0.6) is 5.75 Å². The molecule has 128 valence electrons. The molecule has 3 rings (SSSR count). The monoisotopic (exact) mass is 354 g/mol. The molecule has 25 heavy (non-hydrogen) atoms. The van der Waals surface area contributed by atoms with Crippen LogP contribution in [0.1, 0.15) is 0 Å². The number of fused-ring (bicyclic) bond motifs is 1.